The molecule has 0 aromatic heterocycles. The van der Waals surface area contributed by atoms with Crippen LogP contribution in [0.25, 0.3) is 0 Å². The van der Waals surface area contributed by atoms with Gasteiger partial charge in [-0.15, -0.1) is 0 Å². The van der Waals surface area contributed by atoms with Crippen LogP contribution in [0.4, 0.5) is 10.5 Å². The van der Waals surface area contributed by atoms with Crippen LogP contribution in [-0.4, -0.2) is 59.6 Å². The van der Waals surface area contributed by atoms with Crippen molar-refractivity contribution in [3.63, 3.8) is 0 Å². The van der Waals surface area contributed by atoms with Gasteiger partial charge in [-0.1, -0.05) is 0 Å². The topological polar surface area (TPSA) is 96.7 Å². The number of carbonyl (C=O) groups excluding carboxylic acids is 1. The number of amides is 2. The molecule has 2 fully saturated rings. The predicted molar refractivity (Wildman–Crippen MR) is 92.0 cm³/mol. The van der Waals surface area contributed by atoms with Gasteiger partial charge in [-0.25, -0.2) is 4.79 Å². The Morgan fingerprint density at radius 1 is 1.16 bits per heavy atom. The van der Waals surface area contributed by atoms with Gasteiger partial charge >= 0.3 is 6.09 Å². The third-order valence-electron chi connectivity index (χ3n) is 4.88. The summed E-state index contributed by atoms with van der Waals surface area (Å²) >= 11 is 0. The maximum Gasteiger partial charge on any atom is 0.407 e. The summed E-state index contributed by atoms with van der Waals surface area (Å²) < 4.78 is 0. The molecule has 2 saturated heterocycles. The highest BCUT2D eigenvalue weighted by Gasteiger charge is 2.35. The Balaban J connectivity index is 1.45. The summed E-state index contributed by atoms with van der Waals surface area (Å²) in [7, 11) is 0. The molecular weight excluding hydrogens is 320 g/mol. The number of anilines is 1. The Morgan fingerprint density at radius 3 is 2.36 bits per heavy atom. The van der Waals surface area contributed by atoms with Crippen molar-refractivity contribution >= 4 is 17.7 Å². The largest absolute Gasteiger partial charge is 0.465 e. The van der Waals surface area contributed by atoms with E-state index in [1.165, 1.54) is 4.90 Å². The molecule has 7 nitrogen and oxygen atoms in total. The van der Waals surface area contributed by atoms with Gasteiger partial charge in [-0.3, -0.25) is 4.79 Å². The van der Waals surface area contributed by atoms with Crippen LogP contribution in [-0.2, 0) is 4.79 Å². The Labute approximate surface area is 146 Å². The van der Waals surface area contributed by atoms with Crippen LogP contribution in [0.1, 0.15) is 18.4 Å². The Hall–Kier alpha value is -2.59. The monoisotopic (exact) mass is 342 g/mol. The van der Waals surface area contributed by atoms with E-state index in [1.54, 1.807) is 24.3 Å². The number of nitrogens with zero attached hydrogens (tertiary/aromatic N) is 3. The van der Waals surface area contributed by atoms with E-state index in [0.717, 1.165) is 19.5 Å². The van der Waals surface area contributed by atoms with Crippen LogP contribution in [0.3, 0.4) is 0 Å². The molecule has 2 bridgehead atoms. The van der Waals surface area contributed by atoms with Crippen LogP contribution in [0.15, 0.2) is 24.3 Å². The van der Waals surface area contributed by atoms with E-state index in [4.69, 9.17) is 10.4 Å². The number of nitriles is 1. The fraction of sp³-hybridized carbons (Fsp3) is 0.500. The highest BCUT2D eigenvalue weighted by Crippen LogP contribution is 2.28. The molecule has 2 amide bonds. The van der Waals surface area contributed by atoms with Crippen molar-refractivity contribution in [3.05, 3.63) is 29.8 Å². The molecule has 0 radical (unpaired) electrons. The summed E-state index contributed by atoms with van der Waals surface area (Å²) in [4.78, 5) is 27.0. The number of likely N-dealkylation sites (tertiary alicyclic amines) is 2. The van der Waals surface area contributed by atoms with Gasteiger partial charge in [0.15, 0.2) is 0 Å². The fourth-order valence-corrected chi connectivity index (χ4v) is 3.84. The van der Waals surface area contributed by atoms with Crippen molar-refractivity contribution in [2.24, 2.45) is 11.8 Å². The van der Waals surface area contributed by atoms with E-state index in [-0.39, 0.29) is 5.91 Å². The third-order valence-corrected chi connectivity index (χ3v) is 4.88. The molecule has 3 rings (SSSR count). The van der Waals surface area contributed by atoms with Crippen LogP contribution >= 0.6 is 0 Å². The van der Waals surface area contributed by atoms with E-state index < -0.39 is 6.09 Å². The smallest absolute Gasteiger partial charge is 0.407 e. The minimum Gasteiger partial charge on any atom is -0.465 e. The van der Waals surface area contributed by atoms with Gasteiger partial charge in [0.1, 0.15) is 0 Å². The molecule has 0 spiro atoms. The number of fused-ring (bicyclic) bond motifs is 2. The summed E-state index contributed by atoms with van der Waals surface area (Å²) in [5.74, 6) is 0.683. The molecule has 0 aliphatic carbocycles. The summed E-state index contributed by atoms with van der Waals surface area (Å²) in [5.41, 5.74) is 1.25. The molecule has 2 atom stereocenters. The van der Waals surface area contributed by atoms with Crippen molar-refractivity contribution in [2.45, 2.75) is 12.8 Å². The van der Waals surface area contributed by atoms with Crippen molar-refractivity contribution in [3.8, 4) is 6.07 Å². The summed E-state index contributed by atoms with van der Waals surface area (Å²) in [5, 5.41) is 20.8. The number of carboxylic acid groups (broad SMARTS) is 1. The first kappa shape index (κ1) is 17.2. The number of hydrogen-bond donors (Lipinski definition) is 2. The molecular formula is C18H22N4O3. The van der Waals surface area contributed by atoms with Gasteiger partial charge < -0.3 is 20.2 Å². The minimum absolute atomic E-state index is 0.0485. The predicted octanol–water partition coefficient (Wildman–Crippen LogP) is 1.82. The molecule has 1 aromatic carbocycles. The zero-order valence-corrected chi connectivity index (χ0v) is 14.0. The standard InChI is InChI=1S/C18H22N4O3/c19-8-13-1-3-16(4-2-13)20-17(23)5-6-21-9-14-7-15(10-21)12-22(11-14)18(24)25/h1-4,14-15H,5-7,9-12H2,(H,20,23)(H,24,25). The van der Waals surface area contributed by atoms with Crippen molar-refractivity contribution < 1.29 is 14.7 Å². The van der Waals surface area contributed by atoms with Crippen molar-refractivity contribution in [1.82, 2.24) is 9.80 Å². The Kier molecular flexibility index (Phi) is 5.19. The molecule has 2 unspecified atom stereocenters. The fourth-order valence-electron chi connectivity index (χ4n) is 3.84. The molecule has 2 heterocycles. The number of benzene rings is 1. The van der Waals surface area contributed by atoms with Gasteiger partial charge in [-0.05, 0) is 42.5 Å². The first-order valence-electron chi connectivity index (χ1n) is 8.53. The zero-order chi connectivity index (χ0) is 17.8. The molecule has 2 N–H and O–H groups in total. The van der Waals surface area contributed by atoms with Gasteiger partial charge in [0, 0.05) is 44.8 Å². The van der Waals surface area contributed by atoms with Gasteiger partial charge in [0.05, 0.1) is 11.6 Å². The number of piperidine rings is 2. The normalized spacial score (nSPS) is 22.9. The maximum absolute atomic E-state index is 12.1. The van der Waals surface area contributed by atoms with Crippen LogP contribution < -0.4 is 5.32 Å². The number of hydrogen-bond acceptors (Lipinski definition) is 4. The van der Waals surface area contributed by atoms with Crippen LogP contribution in [0.5, 0.6) is 0 Å². The van der Waals surface area contributed by atoms with Crippen LogP contribution in [0, 0.1) is 23.2 Å². The second kappa shape index (κ2) is 7.53. The summed E-state index contributed by atoms with van der Waals surface area (Å²) in [6.07, 6.45) is 0.657. The first-order valence-corrected chi connectivity index (χ1v) is 8.53. The van der Waals surface area contributed by atoms with Crippen molar-refractivity contribution in [1.29, 1.82) is 5.26 Å². The van der Waals surface area contributed by atoms with Gasteiger partial charge in [0.2, 0.25) is 5.91 Å². The summed E-state index contributed by atoms with van der Waals surface area (Å²) in [6, 6.07) is 8.85. The van der Waals surface area contributed by atoms with Crippen molar-refractivity contribution in [2.75, 3.05) is 38.0 Å². The van der Waals surface area contributed by atoms with E-state index in [1.807, 2.05) is 6.07 Å². The molecule has 25 heavy (non-hydrogen) atoms. The van der Waals surface area contributed by atoms with E-state index in [0.29, 0.717) is 49.1 Å². The lowest BCUT2D eigenvalue weighted by molar-refractivity contribution is -0.116. The van der Waals surface area contributed by atoms with E-state index in [9.17, 15) is 9.59 Å². The number of carbonyl (C=O) groups is 2. The lowest BCUT2D eigenvalue weighted by atomic mass is 9.85. The Morgan fingerprint density at radius 2 is 1.80 bits per heavy atom. The molecule has 7 heteroatoms. The highest BCUT2D eigenvalue weighted by atomic mass is 16.4. The minimum atomic E-state index is -0.829. The summed E-state index contributed by atoms with van der Waals surface area (Å²) in [6.45, 7) is 3.58. The molecule has 2 aliphatic heterocycles. The SMILES string of the molecule is N#Cc1ccc(NC(=O)CCN2CC3CC(C2)CN(C(=O)O)C3)cc1. The maximum atomic E-state index is 12.1. The van der Waals surface area contributed by atoms with E-state index in [2.05, 4.69) is 10.2 Å². The molecule has 2 aliphatic rings. The average molecular weight is 342 g/mol. The van der Waals surface area contributed by atoms with Crippen LogP contribution in [0.2, 0.25) is 0 Å². The number of rotatable bonds is 4. The molecule has 132 valence electrons. The quantitative estimate of drug-likeness (QED) is 0.870. The molecule has 0 saturated carbocycles. The average Bonchev–Trinajstić information content (AvgIpc) is 2.60. The van der Waals surface area contributed by atoms with Gasteiger partial charge in [0.25, 0.3) is 0 Å². The molecule has 1 aromatic rings. The zero-order valence-electron chi connectivity index (χ0n) is 14.0. The second-order valence-electron chi connectivity index (χ2n) is 6.90. The van der Waals surface area contributed by atoms with E-state index >= 15 is 0 Å². The first-order chi connectivity index (χ1) is 12.0. The number of nitrogens with one attached hydrogen (secondary N) is 1. The highest BCUT2D eigenvalue weighted by molar-refractivity contribution is 5.90. The third kappa shape index (κ3) is 4.48. The lowest BCUT2D eigenvalue weighted by Gasteiger charge is -2.44. The van der Waals surface area contributed by atoms with Gasteiger partial charge in [-0.2, -0.15) is 5.26 Å². The second-order valence-corrected chi connectivity index (χ2v) is 6.90. The Bertz CT molecular complexity index is 669. The lowest BCUT2D eigenvalue weighted by Crippen LogP contribution is -2.54.